The minimum atomic E-state index is -0.292. The number of carbonyl (C=O) groups excluding carboxylic acids is 2. The van der Waals surface area contributed by atoms with Crippen LogP contribution < -0.4 is 20.1 Å². The van der Waals surface area contributed by atoms with Crippen LogP contribution in [0.4, 0.5) is 11.4 Å². The molecule has 0 aliphatic carbocycles. The molecular weight excluding hydrogens is 380 g/mol. The van der Waals surface area contributed by atoms with Crippen LogP contribution in [0, 0.1) is 0 Å². The van der Waals surface area contributed by atoms with E-state index >= 15 is 0 Å². The molecule has 0 heterocycles. The topological polar surface area (TPSA) is 76.7 Å². The number of ether oxygens (including phenoxy) is 2. The molecule has 0 bridgehead atoms. The van der Waals surface area contributed by atoms with E-state index in [0.717, 1.165) is 5.56 Å². The van der Waals surface area contributed by atoms with Crippen molar-refractivity contribution in [2.24, 2.45) is 0 Å². The van der Waals surface area contributed by atoms with Gasteiger partial charge >= 0.3 is 0 Å². The van der Waals surface area contributed by atoms with Crippen LogP contribution in [0.1, 0.15) is 5.56 Å². The zero-order valence-electron chi connectivity index (χ0n) is 16.5. The number of hydrogen-bond acceptors (Lipinski definition) is 4. The molecule has 3 aromatic carbocycles. The molecule has 0 aliphatic heterocycles. The maximum atomic E-state index is 12.2. The van der Waals surface area contributed by atoms with Gasteiger partial charge in [-0.2, -0.15) is 0 Å². The predicted molar refractivity (Wildman–Crippen MR) is 118 cm³/mol. The average molecular weight is 402 g/mol. The van der Waals surface area contributed by atoms with Gasteiger partial charge in [-0.05, 0) is 36.4 Å². The number of methoxy groups -OCH3 is 1. The standard InChI is InChI=1S/C24H22N2O4/c1-29-22-13-6-5-8-18(22)14-15-23(27)26-20-11-7-12-21(16-20)30-17-24(28)25-19-9-3-2-4-10-19/h2-16H,17H2,1H3,(H,25,28)(H,26,27)/b15-14+. The van der Waals surface area contributed by atoms with Gasteiger partial charge in [0, 0.05) is 29.1 Å². The van der Waals surface area contributed by atoms with Crippen LogP contribution in [0.25, 0.3) is 6.08 Å². The second-order valence-corrected chi connectivity index (χ2v) is 6.30. The second-order valence-electron chi connectivity index (χ2n) is 6.30. The Hall–Kier alpha value is -4.06. The van der Waals surface area contributed by atoms with E-state index in [9.17, 15) is 9.59 Å². The lowest BCUT2D eigenvalue weighted by atomic mass is 10.2. The van der Waals surface area contributed by atoms with Gasteiger partial charge in [0.15, 0.2) is 6.61 Å². The number of hydrogen-bond donors (Lipinski definition) is 2. The van der Waals surface area contributed by atoms with Gasteiger partial charge in [-0.3, -0.25) is 9.59 Å². The number of benzene rings is 3. The molecule has 6 heteroatoms. The summed E-state index contributed by atoms with van der Waals surface area (Å²) in [4.78, 5) is 24.2. The van der Waals surface area contributed by atoms with Gasteiger partial charge in [-0.15, -0.1) is 0 Å². The van der Waals surface area contributed by atoms with Crippen LogP contribution in [0.3, 0.4) is 0 Å². The van der Waals surface area contributed by atoms with E-state index in [4.69, 9.17) is 9.47 Å². The molecule has 6 nitrogen and oxygen atoms in total. The molecule has 0 aliphatic rings. The smallest absolute Gasteiger partial charge is 0.262 e. The largest absolute Gasteiger partial charge is 0.496 e. The highest BCUT2D eigenvalue weighted by Gasteiger charge is 2.05. The highest BCUT2D eigenvalue weighted by atomic mass is 16.5. The maximum Gasteiger partial charge on any atom is 0.262 e. The van der Waals surface area contributed by atoms with Crippen molar-refractivity contribution in [3.8, 4) is 11.5 Å². The van der Waals surface area contributed by atoms with Crippen molar-refractivity contribution in [1.29, 1.82) is 0 Å². The Morgan fingerprint density at radius 3 is 2.40 bits per heavy atom. The van der Waals surface area contributed by atoms with Gasteiger partial charge < -0.3 is 20.1 Å². The van der Waals surface area contributed by atoms with Crippen LogP contribution in [-0.4, -0.2) is 25.5 Å². The van der Waals surface area contributed by atoms with Crippen molar-refractivity contribution >= 4 is 29.3 Å². The lowest BCUT2D eigenvalue weighted by molar-refractivity contribution is -0.118. The number of amides is 2. The number of para-hydroxylation sites is 2. The number of anilines is 2. The normalized spacial score (nSPS) is 10.4. The lowest BCUT2D eigenvalue weighted by Crippen LogP contribution is -2.20. The van der Waals surface area contributed by atoms with Crippen LogP contribution in [0.2, 0.25) is 0 Å². The Balaban J connectivity index is 1.54. The highest BCUT2D eigenvalue weighted by molar-refractivity contribution is 6.02. The van der Waals surface area contributed by atoms with E-state index in [1.807, 2.05) is 42.5 Å². The molecule has 0 saturated carbocycles. The minimum Gasteiger partial charge on any atom is -0.496 e. The number of rotatable bonds is 8. The molecule has 0 spiro atoms. The maximum absolute atomic E-state index is 12.2. The van der Waals surface area contributed by atoms with E-state index in [1.54, 1.807) is 49.6 Å². The van der Waals surface area contributed by atoms with E-state index in [2.05, 4.69) is 10.6 Å². The first-order chi connectivity index (χ1) is 14.6. The van der Waals surface area contributed by atoms with Crippen molar-refractivity contribution in [2.45, 2.75) is 0 Å². The first kappa shape index (κ1) is 20.7. The molecule has 3 aromatic rings. The first-order valence-corrected chi connectivity index (χ1v) is 9.34. The van der Waals surface area contributed by atoms with Crippen molar-refractivity contribution in [1.82, 2.24) is 0 Å². The molecule has 0 unspecified atom stereocenters. The summed E-state index contributed by atoms with van der Waals surface area (Å²) in [6.07, 6.45) is 3.11. The molecule has 2 amide bonds. The zero-order valence-corrected chi connectivity index (χ0v) is 16.5. The third-order valence-electron chi connectivity index (χ3n) is 4.08. The predicted octanol–water partition coefficient (Wildman–Crippen LogP) is 4.36. The number of carbonyl (C=O) groups is 2. The summed E-state index contributed by atoms with van der Waals surface area (Å²) in [6.45, 7) is -0.139. The molecule has 0 atom stereocenters. The molecule has 0 aromatic heterocycles. The first-order valence-electron chi connectivity index (χ1n) is 9.34. The molecular formula is C24H22N2O4. The fraction of sp³-hybridized carbons (Fsp3) is 0.0833. The fourth-order valence-electron chi connectivity index (χ4n) is 2.68. The second kappa shape index (κ2) is 10.5. The molecule has 2 N–H and O–H groups in total. The average Bonchev–Trinajstić information content (AvgIpc) is 2.77. The van der Waals surface area contributed by atoms with E-state index in [-0.39, 0.29) is 18.4 Å². The molecule has 0 saturated heterocycles. The van der Waals surface area contributed by atoms with Gasteiger partial charge in [0.25, 0.3) is 5.91 Å². The third kappa shape index (κ3) is 6.24. The summed E-state index contributed by atoms with van der Waals surface area (Å²) < 4.78 is 10.8. The molecule has 3 rings (SSSR count). The molecule has 30 heavy (non-hydrogen) atoms. The number of nitrogens with one attached hydrogen (secondary N) is 2. The summed E-state index contributed by atoms with van der Waals surface area (Å²) in [5.41, 5.74) is 2.07. The molecule has 152 valence electrons. The summed E-state index contributed by atoms with van der Waals surface area (Å²) >= 11 is 0. The van der Waals surface area contributed by atoms with E-state index in [0.29, 0.717) is 22.9 Å². The highest BCUT2D eigenvalue weighted by Crippen LogP contribution is 2.20. The summed E-state index contributed by atoms with van der Waals surface area (Å²) in [5.74, 6) is 0.603. The van der Waals surface area contributed by atoms with Crippen LogP contribution >= 0.6 is 0 Å². The Bertz CT molecular complexity index is 1030. The summed E-state index contributed by atoms with van der Waals surface area (Å²) in [7, 11) is 1.58. The summed E-state index contributed by atoms with van der Waals surface area (Å²) in [5, 5.41) is 5.52. The molecule has 0 fully saturated rings. The Kier molecular flexibility index (Phi) is 7.22. The Morgan fingerprint density at radius 1 is 0.867 bits per heavy atom. The van der Waals surface area contributed by atoms with Crippen molar-refractivity contribution in [3.63, 3.8) is 0 Å². The van der Waals surface area contributed by atoms with Crippen molar-refractivity contribution in [3.05, 3.63) is 90.5 Å². The fourth-order valence-corrected chi connectivity index (χ4v) is 2.68. The van der Waals surface area contributed by atoms with Crippen LogP contribution in [0.5, 0.6) is 11.5 Å². The van der Waals surface area contributed by atoms with Crippen molar-refractivity contribution in [2.75, 3.05) is 24.4 Å². The van der Waals surface area contributed by atoms with E-state index in [1.165, 1.54) is 6.08 Å². The van der Waals surface area contributed by atoms with Gasteiger partial charge in [0.05, 0.1) is 7.11 Å². The minimum absolute atomic E-state index is 0.139. The van der Waals surface area contributed by atoms with Gasteiger partial charge in [0.1, 0.15) is 11.5 Å². The third-order valence-corrected chi connectivity index (χ3v) is 4.08. The Morgan fingerprint density at radius 2 is 1.60 bits per heavy atom. The summed E-state index contributed by atoms with van der Waals surface area (Å²) in [6, 6.07) is 23.4. The van der Waals surface area contributed by atoms with Gasteiger partial charge in [0.2, 0.25) is 5.91 Å². The molecule has 0 radical (unpaired) electrons. The van der Waals surface area contributed by atoms with Crippen molar-refractivity contribution < 1.29 is 19.1 Å². The van der Waals surface area contributed by atoms with E-state index < -0.39 is 0 Å². The zero-order chi connectivity index (χ0) is 21.2. The monoisotopic (exact) mass is 402 g/mol. The SMILES string of the molecule is COc1ccccc1/C=C/C(=O)Nc1cccc(OCC(=O)Nc2ccccc2)c1. The Labute approximate surface area is 175 Å². The van der Waals surface area contributed by atoms with Crippen LogP contribution in [-0.2, 0) is 9.59 Å². The van der Waals surface area contributed by atoms with Gasteiger partial charge in [-0.25, -0.2) is 0 Å². The van der Waals surface area contributed by atoms with Gasteiger partial charge in [-0.1, -0.05) is 42.5 Å². The quantitative estimate of drug-likeness (QED) is 0.549. The lowest BCUT2D eigenvalue weighted by Gasteiger charge is -2.09. The van der Waals surface area contributed by atoms with Crippen LogP contribution in [0.15, 0.2) is 84.9 Å².